The molecule has 1 aromatic carbocycles. The number of fused-ring (bicyclic) bond motifs is 1. The summed E-state index contributed by atoms with van der Waals surface area (Å²) in [6.07, 6.45) is 0.723. The van der Waals surface area contributed by atoms with Gasteiger partial charge in [0.25, 0.3) is 5.69 Å². The Bertz CT molecular complexity index is 530. The van der Waals surface area contributed by atoms with Gasteiger partial charge < -0.3 is 14.8 Å². The lowest BCUT2D eigenvalue weighted by molar-refractivity contribution is -0.384. The van der Waals surface area contributed by atoms with Gasteiger partial charge in [-0.1, -0.05) is 11.6 Å². The summed E-state index contributed by atoms with van der Waals surface area (Å²) >= 11 is 5.94. The summed E-state index contributed by atoms with van der Waals surface area (Å²) in [5.74, 6) is 0.275. The Kier molecular flexibility index (Phi) is 2.90. The van der Waals surface area contributed by atoms with E-state index in [1.807, 2.05) is 0 Å². The summed E-state index contributed by atoms with van der Waals surface area (Å²) in [5.41, 5.74) is -0.549. The fourth-order valence-electron chi connectivity index (χ4n) is 1.77. The Morgan fingerprint density at radius 2 is 2.22 bits per heavy atom. The van der Waals surface area contributed by atoms with Crippen LogP contribution in [0, 0.1) is 10.1 Å². The van der Waals surface area contributed by atoms with E-state index in [1.165, 1.54) is 12.1 Å². The maximum absolute atomic E-state index is 11.0. The molecule has 1 aromatic rings. The fourth-order valence-corrected chi connectivity index (χ4v) is 2.03. The lowest BCUT2D eigenvalue weighted by atomic mass is 9.97. The van der Waals surface area contributed by atoms with Crippen LogP contribution in [0.3, 0.4) is 0 Å². The van der Waals surface area contributed by atoms with Gasteiger partial charge in [0.15, 0.2) is 5.75 Å². The van der Waals surface area contributed by atoms with Crippen LogP contribution in [-0.4, -0.2) is 22.9 Å². The number of carbonyl (C=O) groups is 1. The zero-order valence-corrected chi connectivity index (χ0v) is 10.5. The van der Waals surface area contributed by atoms with E-state index in [9.17, 15) is 14.9 Å². The Morgan fingerprint density at radius 1 is 1.56 bits per heavy atom. The predicted octanol–water partition coefficient (Wildman–Crippen LogP) is 2.40. The summed E-state index contributed by atoms with van der Waals surface area (Å²) < 4.78 is 5.61. The molecule has 0 radical (unpaired) electrons. The number of benzene rings is 1. The lowest BCUT2D eigenvalue weighted by Crippen LogP contribution is -2.50. The second-order valence-electron chi connectivity index (χ2n) is 4.52. The standard InChI is InChI=1S/C11H11ClN2O4/c1-11(2)9(5-15)13-10-7(12)3-6(14(16)17)4-8(10)18-11/h3-5,9,13H,1-2H3. The molecule has 0 aliphatic carbocycles. The number of carbonyl (C=O) groups excluding carboxylic acids is 1. The highest BCUT2D eigenvalue weighted by Crippen LogP contribution is 2.42. The second kappa shape index (κ2) is 4.13. The summed E-state index contributed by atoms with van der Waals surface area (Å²) in [7, 11) is 0. The maximum atomic E-state index is 11.0. The predicted molar refractivity (Wildman–Crippen MR) is 66.3 cm³/mol. The Hall–Kier alpha value is -1.82. The van der Waals surface area contributed by atoms with Crippen LogP contribution < -0.4 is 10.1 Å². The highest BCUT2D eigenvalue weighted by atomic mass is 35.5. The molecular weight excluding hydrogens is 260 g/mol. The van der Waals surface area contributed by atoms with Crippen molar-refractivity contribution in [3.05, 3.63) is 27.3 Å². The molecule has 0 aromatic heterocycles. The van der Waals surface area contributed by atoms with Crippen molar-refractivity contribution in [2.75, 3.05) is 5.32 Å². The summed E-state index contributed by atoms with van der Waals surface area (Å²) in [6.45, 7) is 3.43. The normalized spacial score (nSPS) is 20.3. The van der Waals surface area contributed by atoms with E-state index >= 15 is 0 Å². The maximum Gasteiger partial charge on any atom is 0.274 e. The molecule has 1 atom stereocenters. The number of nitrogens with one attached hydrogen (secondary N) is 1. The molecule has 1 unspecified atom stereocenters. The van der Waals surface area contributed by atoms with Gasteiger partial charge in [-0.25, -0.2) is 0 Å². The number of non-ortho nitro benzene ring substituents is 1. The van der Waals surface area contributed by atoms with Gasteiger partial charge in [-0.2, -0.15) is 0 Å². The molecule has 18 heavy (non-hydrogen) atoms. The van der Waals surface area contributed by atoms with E-state index in [0.29, 0.717) is 5.69 Å². The van der Waals surface area contributed by atoms with Gasteiger partial charge >= 0.3 is 0 Å². The van der Waals surface area contributed by atoms with Crippen LogP contribution in [0.5, 0.6) is 5.75 Å². The average Bonchev–Trinajstić information content (AvgIpc) is 2.26. The molecule has 0 saturated heterocycles. The molecule has 0 fully saturated rings. The number of hydrogen-bond acceptors (Lipinski definition) is 5. The van der Waals surface area contributed by atoms with Gasteiger partial charge in [0.05, 0.1) is 21.7 Å². The number of anilines is 1. The first-order valence-electron chi connectivity index (χ1n) is 5.24. The van der Waals surface area contributed by atoms with Gasteiger partial charge in [0.1, 0.15) is 17.9 Å². The van der Waals surface area contributed by atoms with E-state index in [4.69, 9.17) is 16.3 Å². The number of nitro groups is 1. The van der Waals surface area contributed by atoms with Gasteiger partial charge in [0, 0.05) is 6.07 Å². The number of aldehydes is 1. The van der Waals surface area contributed by atoms with Crippen molar-refractivity contribution in [2.24, 2.45) is 0 Å². The zero-order valence-electron chi connectivity index (χ0n) is 9.77. The van der Waals surface area contributed by atoms with Crippen LogP contribution in [0.1, 0.15) is 13.8 Å². The van der Waals surface area contributed by atoms with Crippen molar-refractivity contribution in [3.63, 3.8) is 0 Å². The molecule has 0 saturated carbocycles. The number of halogens is 1. The largest absolute Gasteiger partial charge is 0.483 e. The molecule has 0 amide bonds. The van der Waals surface area contributed by atoms with Gasteiger partial charge in [0.2, 0.25) is 0 Å². The summed E-state index contributed by atoms with van der Waals surface area (Å²) in [6, 6.07) is 1.94. The van der Waals surface area contributed by atoms with Crippen LogP contribution in [0.15, 0.2) is 12.1 Å². The van der Waals surface area contributed by atoms with E-state index in [1.54, 1.807) is 13.8 Å². The number of nitrogens with zero attached hydrogens (tertiary/aromatic N) is 1. The van der Waals surface area contributed by atoms with Gasteiger partial charge in [-0.05, 0) is 13.8 Å². The van der Waals surface area contributed by atoms with Crippen LogP contribution in [0.2, 0.25) is 5.02 Å². The van der Waals surface area contributed by atoms with Gasteiger partial charge in [-0.3, -0.25) is 10.1 Å². The molecule has 2 rings (SSSR count). The minimum absolute atomic E-state index is 0.152. The molecule has 96 valence electrons. The number of hydrogen-bond donors (Lipinski definition) is 1. The number of nitro benzene ring substituents is 1. The Balaban J connectivity index is 2.52. The van der Waals surface area contributed by atoms with Crippen LogP contribution in [0.4, 0.5) is 11.4 Å². The SMILES string of the molecule is CC1(C)Oc2cc([N+](=O)[O-])cc(Cl)c2NC1C=O. The highest BCUT2D eigenvalue weighted by Gasteiger charge is 2.38. The van der Waals surface area contributed by atoms with Crippen LogP contribution in [0.25, 0.3) is 0 Å². The van der Waals surface area contributed by atoms with Crippen molar-refractivity contribution < 1.29 is 14.5 Å². The molecule has 1 heterocycles. The molecule has 0 bridgehead atoms. The summed E-state index contributed by atoms with van der Waals surface area (Å²) in [4.78, 5) is 21.2. The van der Waals surface area contributed by atoms with Crippen molar-refractivity contribution in [2.45, 2.75) is 25.5 Å². The third kappa shape index (κ3) is 1.99. The minimum atomic E-state index is -0.798. The van der Waals surface area contributed by atoms with Crippen molar-refractivity contribution >= 4 is 29.3 Å². The van der Waals surface area contributed by atoms with E-state index in [-0.39, 0.29) is 16.5 Å². The first-order valence-corrected chi connectivity index (χ1v) is 5.62. The van der Waals surface area contributed by atoms with Crippen molar-refractivity contribution in [1.82, 2.24) is 0 Å². The van der Waals surface area contributed by atoms with E-state index in [0.717, 1.165) is 6.29 Å². The monoisotopic (exact) mass is 270 g/mol. The molecule has 1 aliphatic rings. The first kappa shape index (κ1) is 12.6. The van der Waals surface area contributed by atoms with Gasteiger partial charge in [-0.15, -0.1) is 0 Å². The van der Waals surface area contributed by atoms with Crippen molar-refractivity contribution in [1.29, 1.82) is 0 Å². The zero-order chi connectivity index (χ0) is 13.5. The lowest BCUT2D eigenvalue weighted by Gasteiger charge is -2.38. The number of rotatable bonds is 2. The molecular formula is C11H11ClN2O4. The average molecular weight is 271 g/mol. The quantitative estimate of drug-likeness (QED) is 0.507. The molecule has 0 spiro atoms. The van der Waals surface area contributed by atoms with E-state index in [2.05, 4.69) is 5.32 Å². The smallest absolute Gasteiger partial charge is 0.274 e. The van der Waals surface area contributed by atoms with E-state index < -0.39 is 16.6 Å². The van der Waals surface area contributed by atoms with Crippen LogP contribution >= 0.6 is 11.6 Å². The highest BCUT2D eigenvalue weighted by molar-refractivity contribution is 6.34. The first-order chi connectivity index (χ1) is 8.35. The Labute approximate surface area is 108 Å². The second-order valence-corrected chi connectivity index (χ2v) is 4.93. The minimum Gasteiger partial charge on any atom is -0.483 e. The molecule has 7 heteroatoms. The molecule has 1 N–H and O–H groups in total. The van der Waals surface area contributed by atoms with Crippen molar-refractivity contribution in [3.8, 4) is 5.75 Å². The summed E-state index contributed by atoms with van der Waals surface area (Å²) in [5, 5.41) is 13.8. The van der Waals surface area contributed by atoms with Crippen LogP contribution in [-0.2, 0) is 4.79 Å². The molecule has 1 aliphatic heterocycles. The fraction of sp³-hybridized carbons (Fsp3) is 0.364. The molecule has 6 nitrogen and oxygen atoms in total. The third-order valence-electron chi connectivity index (χ3n) is 2.81. The third-order valence-corrected chi connectivity index (χ3v) is 3.11. The number of ether oxygens (including phenoxy) is 1. The Morgan fingerprint density at radius 3 is 2.78 bits per heavy atom. The topological polar surface area (TPSA) is 81.5 Å².